The number of carbonyl (C=O) groups is 1. The average molecular weight is 287 g/mol. The van der Waals surface area contributed by atoms with Gasteiger partial charge in [-0.3, -0.25) is 4.79 Å². The third-order valence-corrected chi connectivity index (χ3v) is 4.23. The smallest absolute Gasteiger partial charge is 0.270 e. The number of piperidine rings is 1. The minimum absolute atomic E-state index is 0.0166. The van der Waals surface area contributed by atoms with Crippen molar-refractivity contribution in [2.75, 3.05) is 18.9 Å². The molecule has 5 heteroatoms. The molecule has 1 aliphatic rings. The molecule has 1 unspecified atom stereocenters. The predicted octanol–water partition coefficient (Wildman–Crippen LogP) is 2.13. The number of H-pyrrole nitrogens is 1. The molecule has 112 valence electrons. The van der Waals surface area contributed by atoms with Crippen molar-refractivity contribution < 1.29 is 9.90 Å². The molecule has 5 nitrogen and oxygen atoms in total. The fraction of sp³-hybridized carbons (Fsp3) is 0.438. The summed E-state index contributed by atoms with van der Waals surface area (Å²) >= 11 is 0. The first kappa shape index (κ1) is 13.9. The summed E-state index contributed by atoms with van der Waals surface area (Å²) < 4.78 is 0. The molecule has 3 rings (SSSR count). The number of aromatic amines is 1. The van der Waals surface area contributed by atoms with Crippen LogP contribution in [0, 0.1) is 0 Å². The highest BCUT2D eigenvalue weighted by Crippen LogP contribution is 2.24. The number of carbonyl (C=O) groups excluding carboxylic acids is 1. The molecule has 0 radical (unpaired) electrons. The normalized spacial score (nSPS) is 19.1. The zero-order chi connectivity index (χ0) is 14.8. The highest BCUT2D eigenvalue weighted by atomic mass is 16.3. The van der Waals surface area contributed by atoms with Gasteiger partial charge in [-0.05, 0) is 49.9 Å². The number of aliphatic hydroxyl groups excluding tert-OH is 1. The van der Waals surface area contributed by atoms with Gasteiger partial charge in [0.05, 0.1) is 0 Å². The number of nitrogens with two attached hydrogens (primary N) is 1. The van der Waals surface area contributed by atoms with Crippen LogP contribution in [0.3, 0.4) is 0 Å². The van der Waals surface area contributed by atoms with Crippen LogP contribution >= 0.6 is 0 Å². The number of nitrogens with zero attached hydrogens (tertiary/aromatic N) is 1. The van der Waals surface area contributed by atoms with Crippen LogP contribution in [0.2, 0.25) is 0 Å². The Kier molecular flexibility index (Phi) is 3.84. The van der Waals surface area contributed by atoms with E-state index in [1.54, 1.807) is 0 Å². The van der Waals surface area contributed by atoms with Gasteiger partial charge in [-0.2, -0.15) is 0 Å². The van der Waals surface area contributed by atoms with Gasteiger partial charge in [0.15, 0.2) is 0 Å². The number of fused-ring (bicyclic) bond motifs is 1. The summed E-state index contributed by atoms with van der Waals surface area (Å²) in [6.45, 7) is 0.888. The summed E-state index contributed by atoms with van der Waals surface area (Å²) in [6, 6.07) is 7.58. The molecule has 0 spiro atoms. The number of rotatable bonds is 3. The molecular weight excluding hydrogens is 266 g/mol. The summed E-state index contributed by atoms with van der Waals surface area (Å²) in [5.74, 6) is 0.0166. The van der Waals surface area contributed by atoms with Crippen molar-refractivity contribution >= 4 is 22.5 Å². The molecule has 21 heavy (non-hydrogen) atoms. The molecule has 1 saturated heterocycles. The standard InChI is InChI=1S/C16H21N3O2/c17-12-4-5-14-11(9-12)10-15(18-14)16(21)19-7-2-1-3-13(19)6-8-20/h4-5,9-10,13,18,20H,1-3,6-8,17H2. The Morgan fingerprint density at radius 1 is 1.38 bits per heavy atom. The number of aliphatic hydroxyl groups is 1. The average Bonchev–Trinajstić information content (AvgIpc) is 2.90. The van der Waals surface area contributed by atoms with Gasteiger partial charge >= 0.3 is 0 Å². The topological polar surface area (TPSA) is 82.4 Å². The van der Waals surface area contributed by atoms with E-state index in [-0.39, 0.29) is 18.6 Å². The van der Waals surface area contributed by atoms with Crippen LogP contribution < -0.4 is 5.73 Å². The first-order chi connectivity index (χ1) is 10.2. The van der Waals surface area contributed by atoms with Crippen LogP contribution in [0.15, 0.2) is 24.3 Å². The highest BCUT2D eigenvalue weighted by Gasteiger charge is 2.27. The highest BCUT2D eigenvalue weighted by molar-refractivity contribution is 5.98. The van der Waals surface area contributed by atoms with E-state index in [4.69, 9.17) is 5.73 Å². The first-order valence-electron chi connectivity index (χ1n) is 7.49. The summed E-state index contributed by atoms with van der Waals surface area (Å²) in [7, 11) is 0. The lowest BCUT2D eigenvalue weighted by Crippen LogP contribution is -2.44. The molecule has 0 saturated carbocycles. The fourth-order valence-corrected chi connectivity index (χ4v) is 3.14. The van der Waals surface area contributed by atoms with Gasteiger partial charge in [-0.15, -0.1) is 0 Å². The van der Waals surface area contributed by atoms with Crippen LogP contribution in [0.1, 0.15) is 36.2 Å². The molecule has 1 aromatic carbocycles. The number of aromatic nitrogens is 1. The van der Waals surface area contributed by atoms with E-state index >= 15 is 0 Å². The van der Waals surface area contributed by atoms with Crippen molar-refractivity contribution in [3.05, 3.63) is 30.0 Å². The van der Waals surface area contributed by atoms with Crippen molar-refractivity contribution in [3.8, 4) is 0 Å². The van der Waals surface area contributed by atoms with Gasteiger partial charge < -0.3 is 20.7 Å². The van der Waals surface area contributed by atoms with E-state index in [2.05, 4.69) is 4.98 Å². The third-order valence-electron chi connectivity index (χ3n) is 4.23. The zero-order valence-electron chi connectivity index (χ0n) is 12.0. The van der Waals surface area contributed by atoms with Crippen molar-refractivity contribution in [1.29, 1.82) is 0 Å². The van der Waals surface area contributed by atoms with E-state index in [9.17, 15) is 9.90 Å². The Labute approximate surface area is 123 Å². The van der Waals surface area contributed by atoms with E-state index in [0.717, 1.165) is 36.7 Å². The largest absolute Gasteiger partial charge is 0.399 e. The molecule has 2 aromatic rings. The Balaban J connectivity index is 1.87. The number of benzene rings is 1. The number of anilines is 1. The first-order valence-corrected chi connectivity index (χ1v) is 7.49. The number of nitrogen functional groups attached to an aromatic ring is 1. The van der Waals surface area contributed by atoms with Crippen LogP contribution in [-0.4, -0.2) is 40.1 Å². The predicted molar refractivity (Wildman–Crippen MR) is 83.1 cm³/mol. The number of nitrogens with one attached hydrogen (secondary N) is 1. The minimum atomic E-state index is 0.0166. The summed E-state index contributed by atoms with van der Waals surface area (Å²) in [5, 5.41) is 10.1. The van der Waals surface area contributed by atoms with Gasteiger partial charge in [0.1, 0.15) is 5.69 Å². The Bertz CT molecular complexity index is 648. The molecule has 1 atom stereocenters. The summed E-state index contributed by atoms with van der Waals surface area (Å²) in [5.41, 5.74) is 7.99. The second-order valence-electron chi connectivity index (χ2n) is 5.69. The van der Waals surface area contributed by atoms with Gasteiger partial charge in [0.25, 0.3) is 5.91 Å². The van der Waals surface area contributed by atoms with Crippen LogP contribution in [0.4, 0.5) is 5.69 Å². The van der Waals surface area contributed by atoms with Crippen molar-refractivity contribution in [3.63, 3.8) is 0 Å². The Morgan fingerprint density at radius 3 is 3.05 bits per heavy atom. The maximum absolute atomic E-state index is 12.7. The van der Waals surface area contributed by atoms with Crippen LogP contribution in [0.25, 0.3) is 10.9 Å². The second kappa shape index (κ2) is 5.77. The lowest BCUT2D eigenvalue weighted by molar-refractivity contribution is 0.0569. The minimum Gasteiger partial charge on any atom is -0.399 e. The lowest BCUT2D eigenvalue weighted by Gasteiger charge is -2.35. The van der Waals surface area contributed by atoms with Gasteiger partial charge in [-0.25, -0.2) is 0 Å². The summed E-state index contributed by atoms with van der Waals surface area (Å²) in [6.07, 6.45) is 3.77. The molecule has 4 N–H and O–H groups in total. The third kappa shape index (κ3) is 2.74. The molecule has 2 heterocycles. The lowest BCUT2D eigenvalue weighted by atomic mass is 9.99. The van der Waals surface area contributed by atoms with Gasteiger partial charge in [0, 0.05) is 35.8 Å². The zero-order valence-corrected chi connectivity index (χ0v) is 12.0. The van der Waals surface area contributed by atoms with E-state index in [1.807, 2.05) is 29.2 Å². The van der Waals surface area contributed by atoms with E-state index in [0.29, 0.717) is 17.8 Å². The number of amides is 1. The van der Waals surface area contributed by atoms with Crippen molar-refractivity contribution in [2.24, 2.45) is 0 Å². The monoisotopic (exact) mass is 287 g/mol. The Morgan fingerprint density at radius 2 is 2.24 bits per heavy atom. The Hall–Kier alpha value is -2.01. The molecule has 1 fully saturated rings. The number of likely N-dealkylation sites (tertiary alicyclic amines) is 1. The maximum Gasteiger partial charge on any atom is 0.270 e. The fourth-order valence-electron chi connectivity index (χ4n) is 3.14. The molecular formula is C16H21N3O2. The van der Waals surface area contributed by atoms with Crippen molar-refractivity contribution in [1.82, 2.24) is 9.88 Å². The van der Waals surface area contributed by atoms with E-state index in [1.165, 1.54) is 0 Å². The molecule has 0 aliphatic carbocycles. The van der Waals surface area contributed by atoms with Gasteiger partial charge in [0.2, 0.25) is 0 Å². The molecule has 1 amide bonds. The number of hydrogen-bond acceptors (Lipinski definition) is 3. The summed E-state index contributed by atoms with van der Waals surface area (Å²) in [4.78, 5) is 17.8. The van der Waals surface area contributed by atoms with Crippen LogP contribution in [-0.2, 0) is 0 Å². The second-order valence-corrected chi connectivity index (χ2v) is 5.69. The number of hydrogen-bond donors (Lipinski definition) is 3. The SMILES string of the molecule is Nc1ccc2[nH]c(C(=O)N3CCCCC3CCO)cc2c1. The maximum atomic E-state index is 12.7. The molecule has 1 aliphatic heterocycles. The van der Waals surface area contributed by atoms with E-state index < -0.39 is 0 Å². The molecule has 1 aromatic heterocycles. The molecule has 0 bridgehead atoms. The van der Waals surface area contributed by atoms with Crippen molar-refractivity contribution in [2.45, 2.75) is 31.7 Å². The quantitative estimate of drug-likeness (QED) is 0.756. The van der Waals surface area contributed by atoms with Crippen LogP contribution in [0.5, 0.6) is 0 Å². The van der Waals surface area contributed by atoms with Gasteiger partial charge in [-0.1, -0.05) is 0 Å².